The van der Waals surface area contributed by atoms with E-state index in [9.17, 15) is 0 Å². The first-order chi connectivity index (χ1) is 34.6. The summed E-state index contributed by atoms with van der Waals surface area (Å²) >= 11 is 0. The van der Waals surface area contributed by atoms with Crippen LogP contribution < -0.4 is 27.1 Å². The lowest BCUT2D eigenvalue weighted by Crippen LogP contribution is -2.19. The molecule has 0 radical (unpaired) electrons. The fraction of sp³-hybridized carbons (Fsp3) is 0.333. The lowest BCUT2D eigenvalue weighted by Gasteiger charge is -2.28. The van der Waals surface area contributed by atoms with Gasteiger partial charge in [0.1, 0.15) is 34.5 Å². The minimum Gasteiger partial charge on any atom is -0.408 e. The van der Waals surface area contributed by atoms with Crippen molar-refractivity contribution in [2.75, 3.05) is 52.9 Å². The van der Waals surface area contributed by atoms with Crippen LogP contribution in [0.1, 0.15) is 84.2 Å². The van der Waals surface area contributed by atoms with Crippen molar-refractivity contribution in [3.05, 3.63) is 167 Å². The van der Waals surface area contributed by atoms with Crippen LogP contribution in [0.5, 0.6) is 34.5 Å². The van der Waals surface area contributed by atoms with Gasteiger partial charge in [-0.05, 0) is 87.1 Å². The zero-order valence-corrected chi connectivity index (χ0v) is 40.9. The van der Waals surface area contributed by atoms with Gasteiger partial charge in [-0.3, -0.25) is 0 Å². The highest BCUT2D eigenvalue weighted by molar-refractivity contribution is 7.43. The standard InChI is InChI=1S/C54H56O14P2/c1-37-17-11-27-47(67-69(63-43-23-7-3-19-39(43)51-55-29-13-30-56-51)64-44-24-8-4-20-40(44)52-57-31-14-32-58-52)49(37)50-38(2)18-12-28-48(50)68-70(65-45-25-9-5-21-41(45)53-59-33-15-34-60-53)66-46-26-10-6-22-42(46)54-61-35-16-36-62-54/h3-12,17-28,51-54H,13-16,29-36H2,1-2H3. The van der Waals surface area contributed by atoms with Crippen molar-refractivity contribution in [1.29, 1.82) is 0 Å². The predicted octanol–water partition coefficient (Wildman–Crippen LogP) is 13.2. The van der Waals surface area contributed by atoms with E-state index < -0.39 is 42.4 Å². The van der Waals surface area contributed by atoms with E-state index in [1.807, 2.05) is 147 Å². The molecular weight excluding hydrogens is 935 g/mol. The second-order valence-electron chi connectivity index (χ2n) is 16.8. The van der Waals surface area contributed by atoms with Crippen molar-refractivity contribution in [2.45, 2.75) is 64.7 Å². The Morgan fingerprint density at radius 2 is 0.529 bits per heavy atom. The van der Waals surface area contributed by atoms with Gasteiger partial charge in [0.25, 0.3) is 0 Å². The molecule has 4 saturated heterocycles. The molecule has 4 aliphatic rings. The highest BCUT2D eigenvalue weighted by Gasteiger charge is 2.33. The molecule has 4 aliphatic heterocycles. The van der Waals surface area contributed by atoms with E-state index in [2.05, 4.69) is 0 Å². The summed E-state index contributed by atoms with van der Waals surface area (Å²) in [6, 6.07) is 42.1. The van der Waals surface area contributed by atoms with Gasteiger partial charge in [0.2, 0.25) is 0 Å². The third kappa shape index (κ3) is 11.7. The van der Waals surface area contributed by atoms with Crippen molar-refractivity contribution < 1.29 is 65.0 Å². The van der Waals surface area contributed by atoms with E-state index in [0.29, 0.717) is 110 Å². The topological polar surface area (TPSA) is 129 Å². The van der Waals surface area contributed by atoms with Gasteiger partial charge in [-0.25, -0.2) is 0 Å². The monoisotopic (exact) mass is 990 g/mol. The quantitative estimate of drug-likeness (QED) is 0.0804. The molecule has 4 heterocycles. The molecule has 366 valence electrons. The van der Waals surface area contributed by atoms with Gasteiger partial charge >= 0.3 is 17.2 Å². The minimum absolute atomic E-state index is 0.482. The summed E-state index contributed by atoms with van der Waals surface area (Å²) in [5, 5.41) is 0. The summed E-state index contributed by atoms with van der Waals surface area (Å²) in [5.74, 6) is 2.93. The molecular formula is C54H56O14P2. The Hall–Kier alpha value is -5.34. The van der Waals surface area contributed by atoms with E-state index in [4.69, 9.17) is 65.0 Å². The third-order valence-electron chi connectivity index (χ3n) is 11.8. The van der Waals surface area contributed by atoms with Gasteiger partial charge in [-0.1, -0.05) is 97.1 Å². The van der Waals surface area contributed by atoms with Gasteiger partial charge < -0.3 is 65.0 Å². The maximum Gasteiger partial charge on any atom is 0.530 e. The highest BCUT2D eigenvalue weighted by Crippen LogP contribution is 2.53. The normalized spacial score (nSPS) is 17.6. The van der Waals surface area contributed by atoms with Crippen LogP contribution in [0.25, 0.3) is 11.1 Å². The number of hydrogen-bond acceptors (Lipinski definition) is 14. The summed E-state index contributed by atoms with van der Waals surface area (Å²) in [6.07, 6.45) is 0.721. The fourth-order valence-electron chi connectivity index (χ4n) is 8.37. The highest BCUT2D eigenvalue weighted by atomic mass is 31.2. The lowest BCUT2D eigenvalue weighted by atomic mass is 9.95. The zero-order chi connectivity index (χ0) is 47.5. The van der Waals surface area contributed by atoms with Crippen molar-refractivity contribution in [3.8, 4) is 45.6 Å². The number of benzene rings is 6. The molecule has 0 saturated carbocycles. The molecule has 0 aromatic heterocycles. The van der Waals surface area contributed by atoms with Crippen molar-refractivity contribution in [3.63, 3.8) is 0 Å². The number of aryl methyl sites for hydroxylation is 2. The molecule has 0 unspecified atom stereocenters. The first-order valence-electron chi connectivity index (χ1n) is 23.7. The molecule has 0 bridgehead atoms. The Morgan fingerprint density at radius 1 is 0.300 bits per heavy atom. The summed E-state index contributed by atoms with van der Waals surface area (Å²) in [5.41, 5.74) is 6.17. The van der Waals surface area contributed by atoms with Gasteiger partial charge in [0, 0.05) is 11.1 Å². The van der Waals surface area contributed by atoms with Crippen LogP contribution >= 0.6 is 17.2 Å². The molecule has 0 spiro atoms. The second-order valence-corrected chi connectivity index (χ2v) is 18.7. The fourth-order valence-corrected chi connectivity index (χ4v) is 10.5. The number of ether oxygens (including phenoxy) is 8. The Bertz CT molecular complexity index is 2340. The maximum atomic E-state index is 7.03. The molecule has 0 atom stereocenters. The number of hydrogen-bond donors (Lipinski definition) is 0. The molecule has 6 aromatic carbocycles. The van der Waals surface area contributed by atoms with E-state index in [1.165, 1.54) is 0 Å². The van der Waals surface area contributed by atoms with Gasteiger partial charge in [0.05, 0.1) is 75.1 Å². The Balaban J connectivity index is 1.02. The zero-order valence-electron chi connectivity index (χ0n) is 39.1. The van der Waals surface area contributed by atoms with E-state index in [0.717, 1.165) is 47.9 Å². The Kier molecular flexibility index (Phi) is 16.4. The summed E-state index contributed by atoms with van der Waals surface area (Å²) in [4.78, 5) is 0. The van der Waals surface area contributed by atoms with Crippen LogP contribution in [0.2, 0.25) is 0 Å². The van der Waals surface area contributed by atoms with Crippen LogP contribution in [-0.2, 0) is 37.9 Å². The maximum absolute atomic E-state index is 7.03. The van der Waals surface area contributed by atoms with Crippen molar-refractivity contribution >= 4 is 17.2 Å². The Morgan fingerprint density at radius 3 is 0.800 bits per heavy atom. The molecule has 0 N–H and O–H groups in total. The molecule has 10 rings (SSSR count). The van der Waals surface area contributed by atoms with E-state index >= 15 is 0 Å². The molecule has 0 aliphatic carbocycles. The second kappa shape index (κ2) is 23.7. The van der Waals surface area contributed by atoms with Crippen LogP contribution in [0.4, 0.5) is 0 Å². The number of rotatable bonds is 17. The number of para-hydroxylation sites is 4. The van der Waals surface area contributed by atoms with Crippen LogP contribution in [-0.4, -0.2) is 52.9 Å². The molecule has 4 fully saturated rings. The van der Waals surface area contributed by atoms with E-state index in [1.54, 1.807) is 0 Å². The third-order valence-corrected chi connectivity index (χ3v) is 13.8. The van der Waals surface area contributed by atoms with Gasteiger partial charge in [-0.2, -0.15) is 0 Å². The summed E-state index contributed by atoms with van der Waals surface area (Å²) in [7, 11) is -4.52. The largest absolute Gasteiger partial charge is 0.530 e. The average molecular weight is 991 g/mol. The first-order valence-corrected chi connectivity index (χ1v) is 25.9. The van der Waals surface area contributed by atoms with Crippen molar-refractivity contribution in [1.82, 2.24) is 0 Å². The van der Waals surface area contributed by atoms with Crippen LogP contribution in [0.3, 0.4) is 0 Å². The minimum atomic E-state index is -2.26. The van der Waals surface area contributed by atoms with Crippen molar-refractivity contribution in [2.24, 2.45) is 0 Å². The molecule has 6 aromatic rings. The first kappa shape index (κ1) is 48.3. The van der Waals surface area contributed by atoms with E-state index in [-0.39, 0.29) is 0 Å². The smallest absolute Gasteiger partial charge is 0.408 e. The van der Waals surface area contributed by atoms with Crippen LogP contribution in [0, 0.1) is 13.8 Å². The Labute approximate surface area is 410 Å². The summed E-state index contributed by atoms with van der Waals surface area (Å²) < 4.78 is 89.8. The predicted molar refractivity (Wildman–Crippen MR) is 262 cm³/mol. The molecule has 0 amide bonds. The lowest BCUT2D eigenvalue weighted by molar-refractivity contribution is -0.183. The van der Waals surface area contributed by atoms with Gasteiger partial charge in [-0.15, -0.1) is 0 Å². The SMILES string of the molecule is Cc1cccc(OP(Oc2ccccc2C2OCCCO2)Oc2ccccc2C2OCCCO2)c1-c1c(C)cccc1OP(Oc1ccccc1C1OCCCO1)Oc1ccccc1C1OCCCO1. The molecule has 14 nitrogen and oxygen atoms in total. The summed E-state index contributed by atoms with van der Waals surface area (Å²) in [6.45, 7) is 8.55. The van der Waals surface area contributed by atoms with Crippen LogP contribution in [0.15, 0.2) is 133 Å². The molecule has 16 heteroatoms. The molecule has 70 heavy (non-hydrogen) atoms. The van der Waals surface area contributed by atoms with Gasteiger partial charge in [0.15, 0.2) is 25.2 Å². The average Bonchev–Trinajstić information content (AvgIpc) is 3.41.